The Hall–Kier alpha value is -2.18. The number of aromatic nitrogens is 2. The van der Waals surface area contributed by atoms with Crippen molar-refractivity contribution in [3.8, 4) is 0 Å². The van der Waals surface area contributed by atoms with Crippen molar-refractivity contribution in [3.63, 3.8) is 0 Å². The SMILES string of the molecule is COCCNC(=O)c1cc(Nc2ccc(Cl)cc2C)nc(C)n1. The molecule has 0 aliphatic rings. The Morgan fingerprint density at radius 3 is 2.74 bits per heavy atom. The van der Waals surface area contributed by atoms with Gasteiger partial charge in [0.05, 0.1) is 6.61 Å². The molecular weight excluding hydrogens is 316 g/mol. The van der Waals surface area contributed by atoms with Crippen LogP contribution in [0.2, 0.25) is 5.02 Å². The molecule has 0 aliphatic heterocycles. The molecule has 0 aliphatic carbocycles. The van der Waals surface area contributed by atoms with Gasteiger partial charge in [0.1, 0.15) is 17.3 Å². The molecule has 23 heavy (non-hydrogen) atoms. The van der Waals surface area contributed by atoms with Crippen molar-refractivity contribution in [2.24, 2.45) is 0 Å². The fraction of sp³-hybridized carbons (Fsp3) is 0.312. The quantitative estimate of drug-likeness (QED) is 0.794. The molecule has 0 spiro atoms. The van der Waals surface area contributed by atoms with Crippen LogP contribution in [0.5, 0.6) is 0 Å². The van der Waals surface area contributed by atoms with E-state index in [0.717, 1.165) is 11.3 Å². The van der Waals surface area contributed by atoms with E-state index in [2.05, 4.69) is 20.6 Å². The summed E-state index contributed by atoms with van der Waals surface area (Å²) >= 11 is 5.96. The number of hydrogen-bond acceptors (Lipinski definition) is 5. The first-order chi connectivity index (χ1) is 11.0. The van der Waals surface area contributed by atoms with Gasteiger partial charge in [0.15, 0.2) is 0 Å². The van der Waals surface area contributed by atoms with Gasteiger partial charge in [-0.25, -0.2) is 9.97 Å². The Kier molecular flexibility index (Phi) is 5.90. The van der Waals surface area contributed by atoms with Crippen molar-refractivity contribution in [3.05, 3.63) is 46.4 Å². The molecule has 2 rings (SSSR count). The third-order valence-corrected chi connectivity index (χ3v) is 3.35. The lowest BCUT2D eigenvalue weighted by Gasteiger charge is -2.11. The summed E-state index contributed by atoms with van der Waals surface area (Å²) in [5, 5.41) is 6.60. The maximum atomic E-state index is 12.1. The van der Waals surface area contributed by atoms with Gasteiger partial charge >= 0.3 is 0 Å². The maximum Gasteiger partial charge on any atom is 0.270 e. The van der Waals surface area contributed by atoms with Crippen molar-refractivity contribution in [1.82, 2.24) is 15.3 Å². The lowest BCUT2D eigenvalue weighted by molar-refractivity contribution is 0.0932. The molecule has 122 valence electrons. The van der Waals surface area contributed by atoms with Gasteiger partial charge < -0.3 is 15.4 Å². The van der Waals surface area contributed by atoms with E-state index in [0.29, 0.717) is 35.5 Å². The summed E-state index contributed by atoms with van der Waals surface area (Å²) in [7, 11) is 1.58. The van der Waals surface area contributed by atoms with Crippen LogP contribution < -0.4 is 10.6 Å². The second kappa shape index (κ2) is 7.89. The van der Waals surface area contributed by atoms with Crippen molar-refractivity contribution in [2.75, 3.05) is 25.6 Å². The number of benzene rings is 1. The zero-order chi connectivity index (χ0) is 16.8. The molecule has 7 heteroatoms. The Morgan fingerprint density at radius 2 is 2.04 bits per heavy atom. The lowest BCUT2D eigenvalue weighted by Crippen LogP contribution is -2.28. The minimum Gasteiger partial charge on any atom is -0.383 e. The average molecular weight is 335 g/mol. The first-order valence-electron chi connectivity index (χ1n) is 7.15. The molecule has 0 bridgehead atoms. The Bertz CT molecular complexity index is 706. The summed E-state index contributed by atoms with van der Waals surface area (Å²) < 4.78 is 4.91. The summed E-state index contributed by atoms with van der Waals surface area (Å²) in [4.78, 5) is 20.6. The Balaban J connectivity index is 2.18. The molecule has 0 unspecified atom stereocenters. The number of rotatable bonds is 6. The smallest absolute Gasteiger partial charge is 0.270 e. The number of anilines is 2. The van der Waals surface area contributed by atoms with E-state index in [1.54, 1.807) is 26.2 Å². The van der Waals surface area contributed by atoms with E-state index in [1.165, 1.54) is 0 Å². The number of methoxy groups -OCH3 is 1. The number of nitrogens with one attached hydrogen (secondary N) is 2. The molecule has 0 fully saturated rings. The topological polar surface area (TPSA) is 76.1 Å². The van der Waals surface area contributed by atoms with E-state index in [-0.39, 0.29) is 5.91 Å². The molecule has 1 aromatic heterocycles. The van der Waals surface area contributed by atoms with Gasteiger partial charge in [-0.1, -0.05) is 11.6 Å². The largest absolute Gasteiger partial charge is 0.383 e. The van der Waals surface area contributed by atoms with Gasteiger partial charge in [0, 0.05) is 30.4 Å². The predicted molar refractivity (Wildman–Crippen MR) is 90.4 cm³/mol. The first kappa shape index (κ1) is 17.2. The molecule has 0 atom stereocenters. The van der Waals surface area contributed by atoms with Gasteiger partial charge in [0.2, 0.25) is 0 Å². The molecule has 0 saturated heterocycles. The highest BCUT2D eigenvalue weighted by molar-refractivity contribution is 6.30. The van der Waals surface area contributed by atoms with Crippen molar-refractivity contribution >= 4 is 29.0 Å². The van der Waals surface area contributed by atoms with E-state index in [4.69, 9.17) is 16.3 Å². The summed E-state index contributed by atoms with van der Waals surface area (Å²) in [6, 6.07) is 7.14. The second-order valence-corrected chi connectivity index (χ2v) is 5.46. The van der Waals surface area contributed by atoms with Crippen LogP contribution in [0.25, 0.3) is 0 Å². The summed E-state index contributed by atoms with van der Waals surface area (Å²) in [5.74, 6) is 0.807. The van der Waals surface area contributed by atoms with Crippen molar-refractivity contribution in [1.29, 1.82) is 0 Å². The average Bonchev–Trinajstić information content (AvgIpc) is 2.50. The summed E-state index contributed by atoms with van der Waals surface area (Å²) in [5.41, 5.74) is 2.17. The highest BCUT2D eigenvalue weighted by Gasteiger charge is 2.11. The van der Waals surface area contributed by atoms with Gasteiger partial charge in [-0.2, -0.15) is 0 Å². The molecule has 2 aromatic rings. The highest BCUT2D eigenvalue weighted by atomic mass is 35.5. The molecule has 0 saturated carbocycles. The van der Waals surface area contributed by atoms with Gasteiger partial charge in [-0.3, -0.25) is 4.79 Å². The zero-order valence-electron chi connectivity index (χ0n) is 13.3. The molecule has 2 N–H and O–H groups in total. The van der Waals surface area contributed by atoms with E-state index in [1.807, 2.05) is 19.1 Å². The number of hydrogen-bond donors (Lipinski definition) is 2. The van der Waals surface area contributed by atoms with Crippen LogP contribution in [0, 0.1) is 13.8 Å². The van der Waals surface area contributed by atoms with Crippen LogP contribution in [0.15, 0.2) is 24.3 Å². The van der Waals surface area contributed by atoms with Crippen LogP contribution in [0.1, 0.15) is 21.9 Å². The third-order valence-electron chi connectivity index (χ3n) is 3.11. The maximum absolute atomic E-state index is 12.1. The van der Waals surface area contributed by atoms with Crippen LogP contribution in [-0.4, -0.2) is 36.1 Å². The Labute approximate surface area is 140 Å². The second-order valence-electron chi connectivity index (χ2n) is 5.02. The molecule has 0 radical (unpaired) electrons. The minimum atomic E-state index is -0.261. The zero-order valence-corrected chi connectivity index (χ0v) is 14.1. The van der Waals surface area contributed by atoms with E-state index in [9.17, 15) is 4.79 Å². The lowest BCUT2D eigenvalue weighted by atomic mass is 10.2. The number of carbonyl (C=O) groups excluding carboxylic acids is 1. The summed E-state index contributed by atoms with van der Waals surface area (Å²) in [6.07, 6.45) is 0. The minimum absolute atomic E-state index is 0.261. The number of nitrogens with zero attached hydrogens (tertiary/aromatic N) is 2. The first-order valence-corrected chi connectivity index (χ1v) is 7.53. The third kappa shape index (κ3) is 4.91. The van der Waals surface area contributed by atoms with Crippen LogP contribution in [-0.2, 0) is 4.74 Å². The Morgan fingerprint density at radius 1 is 1.26 bits per heavy atom. The van der Waals surface area contributed by atoms with Crippen LogP contribution in [0.4, 0.5) is 11.5 Å². The number of halogens is 1. The number of ether oxygens (including phenoxy) is 1. The van der Waals surface area contributed by atoms with Crippen molar-refractivity contribution < 1.29 is 9.53 Å². The fourth-order valence-corrected chi connectivity index (χ4v) is 2.24. The van der Waals surface area contributed by atoms with Gasteiger partial charge in [-0.15, -0.1) is 0 Å². The normalized spacial score (nSPS) is 10.4. The van der Waals surface area contributed by atoms with Gasteiger partial charge in [0.25, 0.3) is 5.91 Å². The van der Waals surface area contributed by atoms with Crippen LogP contribution >= 0.6 is 11.6 Å². The fourth-order valence-electron chi connectivity index (χ4n) is 2.01. The molecule has 6 nitrogen and oxygen atoms in total. The predicted octanol–water partition coefficient (Wildman–Crippen LogP) is 2.87. The van der Waals surface area contributed by atoms with Crippen LogP contribution in [0.3, 0.4) is 0 Å². The number of aryl methyl sites for hydroxylation is 2. The number of carbonyl (C=O) groups is 1. The molecule has 1 amide bonds. The monoisotopic (exact) mass is 334 g/mol. The molecule has 1 aromatic carbocycles. The van der Waals surface area contributed by atoms with Gasteiger partial charge in [-0.05, 0) is 37.6 Å². The molecular formula is C16H19ClN4O2. The van der Waals surface area contributed by atoms with E-state index >= 15 is 0 Å². The highest BCUT2D eigenvalue weighted by Crippen LogP contribution is 2.23. The summed E-state index contributed by atoms with van der Waals surface area (Å²) in [6.45, 7) is 4.56. The molecule has 1 heterocycles. The standard InChI is InChI=1S/C16H19ClN4O2/c1-10-8-12(17)4-5-13(10)21-15-9-14(19-11(2)20-15)16(22)18-6-7-23-3/h4-5,8-9H,6-7H2,1-3H3,(H,18,22)(H,19,20,21). The van der Waals surface area contributed by atoms with E-state index < -0.39 is 0 Å². The number of amides is 1. The van der Waals surface area contributed by atoms with Crippen molar-refractivity contribution in [2.45, 2.75) is 13.8 Å².